The molecule has 5 heteroatoms. The van der Waals surface area contributed by atoms with Gasteiger partial charge >= 0.3 is 0 Å². The molecule has 2 aromatic heterocycles. The van der Waals surface area contributed by atoms with Crippen molar-refractivity contribution in [3.05, 3.63) is 50.5 Å². The molecular formula is C21H22N2OS2. The lowest BCUT2D eigenvalue weighted by molar-refractivity contribution is 0.314. The number of benzene rings is 1. The van der Waals surface area contributed by atoms with Crippen molar-refractivity contribution in [3.63, 3.8) is 0 Å². The molecule has 3 aromatic rings. The molecule has 1 saturated carbocycles. The van der Waals surface area contributed by atoms with E-state index in [0.717, 1.165) is 29.6 Å². The normalized spacial score (nSPS) is 17.2. The largest absolute Gasteiger partial charge is 0.323 e. The molecular weight excluding hydrogens is 360 g/mol. The number of hydrogen-bond acceptors (Lipinski definition) is 3. The fraction of sp³-hybridized carbons (Fsp3) is 0.429. The Bertz CT molecular complexity index is 1100. The van der Waals surface area contributed by atoms with E-state index in [9.17, 15) is 4.79 Å². The topological polar surface area (TPSA) is 37.8 Å². The number of aromatic nitrogens is 2. The van der Waals surface area contributed by atoms with E-state index in [4.69, 9.17) is 12.2 Å². The number of rotatable bonds is 2. The van der Waals surface area contributed by atoms with E-state index >= 15 is 0 Å². The quantitative estimate of drug-likeness (QED) is 0.597. The molecule has 3 nitrogen and oxygen atoms in total. The van der Waals surface area contributed by atoms with Crippen molar-refractivity contribution < 1.29 is 0 Å². The van der Waals surface area contributed by atoms with Crippen LogP contribution in [-0.2, 0) is 19.4 Å². The van der Waals surface area contributed by atoms with Crippen molar-refractivity contribution in [1.29, 1.82) is 0 Å². The molecule has 2 heterocycles. The van der Waals surface area contributed by atoms with Gasteiger partial charge in [0.2, 0.25) is 0 Å². The van der Waals surface area contributed by atoms with Crippen LogP contribution in [0.2, 0.25) is 0 Å². The second kappa shape index (κ2) is 6.46. The van der Waals surface area contributed by atoms with Gasteiger partial charge in [-0.15, -0.1) is 11.3 Å². The minimum absolute atomic E-state index is 0.117. The van der Waals surface area contributed by atoms with Crippen molar-refractivity contribution >= 4 is 33.8 Å². The summed E-state index contributed by atoms with van der Waals surface area (Å²) in [4.78, 5) is 18.9. The number of nitrogens with one attached hydrogen (secondary N) is 1. The number of thiophene rings is 1. The first-order chi connectivity index (χ1) is 12.7. The third kappa shape index (κ3) is 2.60. The van der Waals surface area contributed by atoms with E-state index in [-0.39, 0.29) is 5.56 Å². The minimum Gasteiger partial charge on any atom is -0.323 e. The predicted octanol–water partition coefficient (Wildman–Crippen LogP) is 5.47. The Labute approximate surface area is 161 Å². The first-order valence-corrected chi connectivity index (χ1v) is 10.8. The van der Waals surface area contributed by atoms with E-state index in [1.54, 1.807) is 11.3 Å². The molecule has 0 amide bonds. The van der Waals surface area contributed by atoms with Gasteiger partial charge < -0.3 is 4.98 Å². The number of nitrogens with zero attached hydrogens (tertiary/aromatic N) is 1. The Balaban J connectivity index is 1.67. The zero-order valence-corrected chi connectivity index (χ0v) is 16.3. The number of aryl methyl sites for hydroxylation is 2. The van der Waals surface area contributed by atoms with E-state index in [0.29, 0.717) is 10.7 Å². The molecule has 1 fully saturated rings. The average Bonchev–Trinajstić information content (AvgIpc) is 3.04. The number of aromatic amines is 1. The van der Waals surface area contributed by atoms with Crippen LogP contribution < -0.4 is 5.56 Å². The van der Waals surface area contributed by atoms with Crippen molar-refractivity contribution in [2.45, 2.75) is 51.5 Å². The summed E-state index contributed by atoms with van der Waals surface area (Å²) < 4.78 is 2.42. The first kappa shape index (κ1) is 16.5. The van der Waals surface area contributed by atoms with Crippen molar-refractivity contribution in [2.24, 2.45) is 5.92 Å². The maximum atomic E-state index is 13.4. The second-order valence-electron chi connectivity index (χ2n) is 7.62. The van der Waals surface area contributed by atoms with Crippen molar-refractivity contribution in [3.8, 4) is 10.4 Å². The average molecular weight is 383 g/mol. The Morgan fingerprint density at radius 2 is 1.96 bits per heavy atom. The van der Waals surface area contributed by atoms with Crippen LogP contribution in [0.3, 0.4) is 0 Å². The van der Waals surface area contributed by atoms with Gasteiger partial charge in [0.05, 0.1) is 5.39 Å². The molecule has 0 aliphatic heterocycles. The molecule has 0 spiro atoms. The molecule has 0 atom stereocenters. The van der Waals surface area contributed by atoms with Gasteiger partial charge in [-0.25, -0.2) is 0 Å². The Morgan fingerprint density at radius 1 is 1.15 bits per heavy atom. The summed E-state index contributed by atoms with van der Waals surface area (Å²) in [5.41, 5.74) is 4.00. The highest BCUT2D eigenvalue weighted by molar-refractivity contribution is 7.71. The second-order valence-corrected chi connectivity index (χ2v) is 9.03. The third-order valence-electron chi connectivity index (χ3n) is 6.00. The highest BCUT2D eigenvalue weighted by Gasteiger charge is 2.24. The van der Waals surface area contributed by atoms with Crippen LogP contribution >= 0.6 is 23.6 Å². The fourth-order valence-corrected chi connectivity index (χ4v) is 6.27. The lowest BCUT2D eigenvalue weighted by atomic mass is 9.89. The van der Waals surface area contributed by atoms with Gasteiger partial charge in [0, 0.05) is 11.4 Å². The zero-order chi connectivity index (χ0) is 17.7. The summed E-state index contributed by atoms with van der Waals surface area (Å²) in [6.07, 6.45) is 8.27. The Hall–Kier alpha value is -1.72. The van der Waals surface area contributed by atoms with Gasteiger partial charge in [0.15, 0.2) is 4.77 Å². The highest BCUT2D eigenvalue weighted by Crippen LogP contribution is 2.42. The van der Waals surface area contributed by atoms with Gasteiger partial charge in [-0.1, -0.05) is 43.5 Å². The summed E-state index contributed by atoms with van der Waals surface area (Å²) in [7, 11) is 0. The van der Waals surface area contributed by atoms with E-state index in [1.807, 2.05) is 4.57 Å². The van der Waals surface area contributed by atoms with Gasteiger partial charge in [0.1, 0.15) is 4.83 Å². The maximum absolute atomic E-state index is 13.4. The summed E-state index contributed by atoms with van der Waals surface area (Å²) in [5.74, 6) is 0.587. The van der Waals surface area contributed by atoms with Crippen molar-refractivity contribution in [1.82, 2.24) is 9.55 Å². The molecule has 0 saturated heterocycles. The number of hydrogen-bond donors (Lipinski definition) is 1. The Morgan fingerprint density at radius 3 is 2.81 bits per heavy atom. The van der Waals surface area contributed by atoms with Crippen LogP contribution in [0.25, 0.3) is 20.7 Å². The summed E-state index contributed by atoms with van der Waals surface area (Å²) in [5, 5.41) is 0.879. The van der Waals surface area contributed by atoms with Crippen LogP contribution in [0.5, 0.6) is 0 Å². The zero-order valence-electron chi connectivity index (χ0n) is 14.7. The lowest BCUT2D eigenvalue weighted by Crippen LogP contribution is -2.27. The van der Waals surface area contributed by atoms with Gasteiger partial charge in [-0.3, -0.25) is 9.36 Å². The third-order valence-corrected chi connectivity index (χ3v) is 7.51. The number of fused-ring (bicyclic) bond motifs is 5. The molecule has 1 aromatic carbocycles. The van der Waals surface area contributed by atoms with Crippen LogP contribution in [0.4, 0.5) is 0 Å². The SMILES string of the molecule is O=c1c2c3c(sc2[nH]c(=S)n1CC1CCCCC1)-c1ccccc1CC3. The number of H-pyrrole nitrogens is 1. The fourth-order valence-electron chi connectivity index (χ4n) is 4.64. The van der Waals surface area contributed by atoms with E-state index in [2.05, 4.69) is 29.2 Å². The van der Waals surface area contributed by atoms with Gasteiger partial charge in [-0.05, 0) is 60.5 Å². The van der Waals surface area contributed by atoms with Gasteiger partial charge in [-0.2, -0.15) is 0 Å². The summed E-state index contributed by atoms with van der Waals surface area (Å²) >= 11 is 7.26. The van der Waals surface area contributed by atoms with E-state index in [1.165, 1.54) is 53.7 Å². The molecule has 2 aliphatic rings. The summed E-state index contributed by atoms with van der Waals surface area (Å²) in [6, 6.07) is 8.56. The molecule has 134 valence electrons. The van der Waals surface area contributed by atoms with Gasteiger partial charge in [0.25, 0.3) is 5.56 Å². The maximum Gasteiger partial charge on any atom is 0.263 e. The molecule has 0 radical (unpaired) electrons. The highest BCUT2D eigenvalue weighted by atomic mass is 32.1. The molecule has 0 unspecified atom stereocenters. The molecule has 1 N–H and O–H groups in total. The molecule has 26 heavy (non-hydrogen) atoms. The van der Waals surface area contributed by atoms with E-state index < -0.39 is 0 Å². The minimum atomic E-state index is 0.117. The molecule has 5 rings (SSSR count). The lowest BCUT2D eigenvalue weighted by Gasteiger charge is -2.22. The smallest absolute Gasteiger partial charge is 0.263 e. The monoisotopic (exact) mass is 382 g/mol. The van der Waals surface area contributed by atoms with Crippen LogP contribution in [0.15, 0.2) is 29.1 Å². The van der Waals surface area contributed by atoms with Crippen LogP contribution in [0.1, 0.15) is 43.2 Å². The van der Waals surface area contributed by atoms with Crippen LogP contribution in [0, 0.1) is 10.7 Å². The first-order valence-electron chi connectivity index (χ1n) is 9.59. The van der Waals surface area contributed by atoms with Crippen molar-refractivity contribution in [2.75, 3.05) is 0 Å². The summed E-state index contributed by atoms with van der Waals surface area (Å²) in [6.45, 7) is 0.769. The molecule has 2 aliphatic carbocycles. The predicted molar refractivity (Wildman–Crippen MR) is 111 cm³/mol. The standard InChI is InChI=1S/C21H22N2OS2/c24-20-17-16-11-10-14-8-4-5-9-15(14)18(16)26-19(17)22-21(25)23(20)12-13-6-2-1-3-7-13/h4-5,8-9,13H,1-3,6-7,10-12H2,(H,22,25). The Kier molecular flexibility index (Phi) is 4.09. The van der Waals surface area contributed by atoms with Crippen LogP contribution in [-0.4, -0.2) is 9.55 Å². The molecule has 0 bridgehead atoms.